The van der Waals surface area contributed by atoms with Crippen LogP contribution in [-0.2, 0) is 16.4 Å². The van der Waals surface area contributed by atoms with Gasteiger partial charge in [-0.05, 0) is 18.4 Å². The lowest BCUT2D eigenvalue weighted by atomic mass is 10.2. The van der Waals surface area contributed by atoms with E-state index in [1.165, 1.54) is 12.1 Å². The van der Waals surface area contributed by atoms with Gasteiger partial charge in [0.1, 0.15) is 0 Å². The number of hydrogen-bond acceptors (Lipinski definition) is 5. The number of nitro groups is 1. The summed E-state index contributed by atoms with van der Waals surface area (Å²) >= 11 is 0. The highest BCUT2D eigenvalue weighted by Gasteiger charge is 2.30. The van der Waals surface area contributed by atoms with Crippen molar-refractivity contribution < 1.29 is 13.3 Å². The Morgan fingerprint density at radius 2 is 2.00 bits per heavy atom. The second kappa shape index (κ2) is 5.66. The molecule has 6 nitrogen and oxygen atoms in total. The Morgan fingerprint density at radius 3 is 2.53 bits per heavy atom. The molecule has 104 valence electrons. The molecular formula is C12H16N2O4S. The molecule has 7 heteroatoms. The second-order valence-corrected chi connectivity index (χ2v) is 7.09. The van der Waals surface area contributed by atoms with E-state index in [0.717, 1.165) is 18.4 Å². The lowest BCUT2D eigenvalue weighted by molar-refractivity contribution is -0.384. The van der Waals surface area contributed by atoms with Crippen LogP contribution in [0.1, 0.15) is 18.4 Å². The van der Waals surface area contributed by atoms with Gasteiger partial charge in [-0.3, -0.25) is 10.1 Å². The Labute approximate surface area is 111 Å². The maximum absolute atomic E-state index is 11.6. The molecule has 0 saturated carbocycles. The van der Waals surface area contributed by atoms with Gasteiger partial charge in [0.15, 0.2) is 9.84 Å². The summed E-state index contributed by atoms with van der Waals surface area (Å²) in [6.07, 6.45) is 1.46. The van der Waals surface area contributed by atoms with Gasteiger partial charge < -0.3 is 5.32 Å². The molecule has 2 rings (SSSR count). The van der Waals surface area contributed by atoms with Crippen LogP contribution in [0.5, 0.6) is 0 Å². The summed E-state index contributed by atoms with van der Waals surface area (Å²) in [4.78, 5) is 10.1. The van der Waals surface area contributed by atoms with Crippen molar-refractivity contribution in [2.45, 2.75) is 24.6 Å². The van der Waals surface area contributed by atoms with E-state index in [0.29, 0.717) is 13.1 Å². The molecule has 1 fully saturated rings. The molecule has 19 heavy (non-hydrogen) atoms. The van der Waals surface area contributed by atoms with Crippen LogP contribution < -0.4 is 5.32 Å². The number of sulfone groups is 1. The third-order valence-corrected chi connectivity index (χ3v) is 5.59. The van der Waals surface area contributed by atoms with Gasteiger partial charge in [0.25, 0.3) is 5.69 Å². The summed E-state index contributed by atoms with van der Waals surface area (Å²) in [6.45, 7) is 0.962. The molecule has 0 aromatic heterocycles. The van der Waals surface area contributed by atoms with E-state index in [1.54, 1.807) is 12.1 Å². The maximum Gasteiger partial charge on any atom is 0.269 e. The Kier molecular flexibility index (Phi) is 4.16. The molecule has 0 radical (unpaired) electrons. The van der Waals surface area contributed by atoms with Crippen LogP contribution >= 0.6 is 0 Å². The normalized spacial score (nSPS) is 21.4. The minimum Gasteiger partial charge on any atom is -0.311 e. The molecule has 0 spiro atoms. The number of nitrogens with one attached hydrogen (secondary N) is 1. The highest BCUT2D eigenvalue weighted by atomic mass is 32.2. The van der Waals surface area contributed by atoms with E-state index < -0.39 is 14.8 Å². The molecule has 1 saturated heterocycles. The Balaban J connectivity index is 1.84. The van der Waals surface area contributed by atoms with E-state index in [9.17, 15) is 18.5 Å². The van der Waals surface area contributed by atoms with Crippen molar-refractivity contribution in [1.82, 2.24) is 5.32 Å². The quantitative estimate of drug-likeness (QED) is 0.649. The van der Waals surface area contributed by atoms with Gasteiger partial charge >= 0.3 is 0 Å². The van der Waals surface area contributed by atoms with Crippen LogP contribution in [0.3, 0.4) is 0 Å². The fourth-order valence-electron chi connectivity index (χ4n) is 2.20. The average molecular weight is 284 g/mol. The SMILES string of the molecule is O=[N+]([O-])c1ccc(CNCC2CCCS2(=O)=O)cc1. The lowest BCUT2D eigenvalue weighted by Crippen LogP contribution is -2.30. The van der Waals surface area contributed by atoms with Crippen LogP contribution in [0.4, 0.5) is 5.69 Å². The Hall–Kier alpha value is -1.47. The van der Waals surface area contributed by atoms with Gasteiger partial charge in [0, 0.05) is 25.2 Å². The summed E-state index contributed by atoms with van der Waals surface area (Å²) < 4.78 is 23.2. The number of non-ortho nitro benzene ring substituents is 1. The summed E-state index contributed by atoms with van der Waals surface area (Å²) in [5.41, 5.74) is 0.961. The predicted molar refractivity (Wildman–Crippen MR) is 71.6 cm³/mol. The molecule has 1 aromatic rings. The minimum absolute atomic E-state index is 0.0575. The van der Waals surface area contributed by atoms with Crippen LogP contribution in [-0.4, -0.2) is 30.9 Å². The number of nitrogens with zero attached hydrogens (tertiary/aromatic N) is 1. The summed E-state index contributed by atoms with van der Waals surface area (Å²) in [6, 6.07) is 6.25. The first kappa shape index (κ1) is 14.0. The molecule has 1 heterocycles. The van der Waals surface area contributed by atoms with Crippen molar-refractivity contribution in [2.24, 2.45) is 0 Å². The van der Waals surface area contributed by atoms with Crippen molar-refractivity contribution in [2.75, 3.05) is 12.3 Å². The molecule has 0 aliphatic carbocycles. The Bertz CT molecular complexity index is 554. The molecule has 1 aliphatic heterocycles. The first-order chi connectivity index (χ1) is 8.99. The molecule has 1 unspecified atom stereocenters. The molecule has 1 aliphatic rings. The summed E-state index contributed by atoms with van der Waals surface area (Å²) in [5, 5.41) is 13.3. The van der Waals surface area contributed by atoms with Gasteiger partial charge in [-0.15, -0.1) is 0 Å². The van der Waals surface area contributed by atoms with E-state index in [2.05, 4.69) is 5.32 Å². The van der Waals surface area contributed by atoms with E-state index >= 15 is 0 Å². The van der Waals surface area contributed by atoms with Gasteiger partial charge in [-0.25, -0.2) is 8.42 Å². The zero-order chi connectivity index (χ0) is 13.9. The number of rotatable bonds is 5. The smallest absolute Gasteiger partial charge is 0.269 e. The van der Waals surface area contributed by atoms with Gasteiger partial charge in [0.2, 0.25) is 0 Å². The fourth-order valence-corrected chi connectivity index (χ4v) is 4.00. The third kappa shape index (κ3) is 3.51. The van der Waals surface area contributed by atoms with Crippen LogP contribution in [0.25, 0.3) is 0 Å². The molecule has 1 aromatic carbocycles. The fraction of sp³-hybridized carbons (Fsp3) is 0.500. The van der Waals surface area contributed by atoms with Crippen molar-refractivity contribution in [3.8, 4) is 0 Å². The third-order valence-electron chi connectivity index (χ3n) is 3.31. The molecule has 1 atom stereocenters. The second-order valence-electron chi connectivity index (χ2n) is 4.69. The summed E-state index contributed by atoms with van der Waals surface area (Å²) in [5.74, 6) is 0.289. The van der Waals surface area contributed by atoms with Crippen molar-refractivity contribution >= 4 is 15.5 Å². The van der Waals surface area contributed by atoms with Crippen molar-refractivity contribution in [3.63, 3.8) is 0 Å². The highest BCUT2D eigenvalue weighted by molar-refractivity contribution is 7.92. The van der Waals surface area contributed by atoms with E-state index in [4.69, 9.17) is 0 Å². The van der Waals surface area contributed by atoms with Gasteiger partial charge in [-0.1, -0.05) is 12.1 Å². The topological polar surface area (TPSA) is 89.3 Å². The maximum atomic E-state index is 11.6. The number of nitro benzene ring substituents is 1. The zero-order valence-electron chi connectivity index (χ0n) is 10.4. The van der Waals surface area contributed by atoms with E-state index in [1.807, 2.05) is 0 Å². The highest BCUT2D eigenvalue weighted by Crippen LogP contribution is 2.19. The molecule has 0 bridgehead atoms. The zero-order valence-corrected chi connectivity index (χ0v) is 11.2. The first-order valence-electron chi connectivity index (χ1n) is 6.14. The lowest BCUT2D eigenvalue weighted by Gasteiger charge is -2.10. The van der Waals surface area contributed by atoms with Crippen molar-refractivity contribution in [1.29, 1.82) is 0 Å². The average Bonchev–Trinajstić information content (AvgIpc) is 2.69. The van der Waals surface area contributed by atoms with Gasteiger partial charge in [-0.2, -0.15) is 0 Å². The largest absolute Gasteiger partial charge is 0.311 e. The summed E-state index contributed by atoms with van der Waals surface area (Å²) in [7, 11) is -2.91. The molecule has 1 N–H and O–H groups in total. The van der Waals surface area contributed by atoms with E-state index in [-0.39, 0.29) is 16.7 Å². The minimum atomic E-state index is -2.91. The van der Waals surface area contributed by atoms with Crippen LogP contribution in [0, 0.1) is 10.1 Å². The number of hydrogen-bond donors (Lipinski definition) is 1. The number of benzene rings is 1. The Morgan fingerprint density at radius 1 is 1.32 bits per heavy atom. The monoisotopic (exact) mass is 284 g/mol. The standard InChI is InChI=1S/C12H16N2O4S/c15-14(16)11-5-3-10(4-6-11)8-13-9-12-2-1-7-19(12,17)18/h3-6,12-13H,1-2,7-9H2. The van der Waals surface area contributed by atoms with Crippen LogP contribution in [0.2, 0.25) is 0 Å². The first-order valence-corrected chi connectivity index (χ1v) is 7.86. The van der Waals surface area contributed by atoms with Crippen LogP contribution in [0.15, 0.2) is 24.3 Å². The van der Waals surface area contributed by atoms with Crippen molar-refractivity contribution in [3.05, 3.63) is 39.9 Å². The molecule has 0 amide bonds. The van der Waals surface area contributed by atoms with Gasteiger partial charge in [0.05, 0.1) is 15.9 Å². The molecular weight excluding hydrogens is 268 g/mol. The predicted octanol–water partition coefficient (Wildman–Crippen LogP) is 1.26.